The number of rotatable bonds is 7. The summed E-state index contributed by atoms with van der Waals surface area (Å²) in [5.41, 5.74) is -0.153. The molecule has 0 unspecified atom stereocenters. The Morgan fingerprint density at radius 3 is 2.22 bits per heavy atom. The van der Waals surface area contributed by atoms with Crippen molar-refractivity contribution in [3.8, 4) is 0 Å². The quantitative estimate of drug-likeness (QED) is 0.712. The third-order valence-electron chi connectivity index (χ3n) is 3.80. The Balaban J connectivity index is 2.55. The van der Waals surface area contributed by atoms with E-state index >= 15 is 0 Å². The molecule has 0 aromatic heterocycles. The van der Waals surface area contributed by atoms with Crippen LogP contribution >= 0.6 is 0 Å². The van der Waals surface area contributed by atoms with Crippen LogP contribution in [0.3, 0.4) is 0 Å². The summed E-state index contributed by atoms with van der Waals surface area (Å²) in [6, 6.07) is 0. The fraction of sp³-hybridized carbons (Fsp3) is 0.929. The van der Waals surface area contributed by atoms with E-state index in [2.05, 4.69) is 19.2 Å². The number of carbonyl (C=O) groups is 1. The second-order valence-corrected chi connectivity index (χ2v) is 5.70. The molecule has 1 rings (SSSR count). The average Bonchev–Trinajstić information content (AvgIpc) is 2.79. The van der Waals surface area contributed by atoms with E-state index in [-0.39, 0.29) is 17.6 Å². The molecule has 1 N–H and O–H groups in total. The summed E-state index contributed by atoms with van der Waals surface area (Å²) >= 11 is 0. The van der Waals surface area contributed by atoms with Crippen LogP contribution in [0.15, 0.2) is 0 Å². The molecular weight excluding hydrogens is 230 g/mol. The minimum absolute atomic E-state index is 0.153. The van der Waals surface area contributed by atoms with Gasteiger partial charge in [-0.2, -0.15) is 0 Å². The van der Waals surface area contributed by atoms with Crippen LogP contribution in [0.2, 0.25) is 0 Å². The normalized spacial score (nSPS) is 18.6. The van der Waals surface area contributed by atoms with E-state index in [1.807, 2.05) is 0 Å². The zero-order valence-electron chi connectivity index (χ0n) is 12.1. The summed E-state index contributed by atoms with van der Waals surface area (Å²) in [6.07, 6.45) is 4.98. The Hall–Kier alpha value is -0.610. The van der Waals surface area contributed by atoms with Crippen molar-refractivity contribution in [2.45, 2.75) is 52.2 Å². The Kier molecular flexibility index (Phi) is 6.09. The smallest absolute Gasteiger partial charge is 0.226 e. The largest absolute Gasteiger partial charge is 0.354 e. The number of ether oxygens (including phenoxy) is 2. The van der Waals surface area contributed by atoms with Crippen LogP contribution in [-0.2, 0) is 14.3 Å². The third kappa shape index (κ3) is 3.95. The molecule has 0 bridgehead atoms. The number of carbonyl (C=O) groups excluding carboxylic acids is 1. The molecule has 0 spiro atoms. The minimum Gasteiger partial charge on any atom is -0.354 e. The zero-order valence-corrected chi connectivity index (χ0v) is 12.1. The molecule has 106 valence electrons. The third-order valence-corrected chi connectivity index (χ3v) is 3.80. The van der Waals surface area contributed by atoms with E-state index in [0.29, 0.717) is 12.5 Å². The fourth-order valence-electron chi connectivity index (χ4n) is 2.98. The lowest BCUT2D eigenvalue weighted by atomic mass is 9.77. The van der Waals surface area contributed by atoms with Crippen LogP contribution in [0.25, 0.3) is 0 Å². The number of hydrogen-bond donors (Lipinski definition) is 1. The highest BCUT2D eigenvalue weighted by Gasteiger charge is 2.41. The monoisotopic (exact) mass is 257 g/mol. The van der Waals surface area contributed by atoms with Crippen molar-refractivity contribution in [3.63, 3.8) is 0 Å². The topological polar surface area (TPSA) is 47.6 Å². The molecule has 1 saturated carbocycles. The summed E-state index contributed by atoms with van der Waals surface area (Å²) in [6.45, 7) is 4.78. The molecule has 1 fully saturated rings. The molecule has 0 aromatic carbocycles. The highest BCUT2D eigenvalue weighted by molar-refractivity contribution is 5.82. The van der Waals surface area contributed by atoms with Gasteiger partial charge < -0.3 is 14.8 Å². The van der Waals surface area contributed by atoms with Crippen LogP contribution < -0.4 is 5.32 Å². The highest BCUT2D eigenvalue weighted by atomic mass is 16.7. The van der Waals surface area contributed by atoms with Crippen molar-refractivity contribution < 1.29 is 14.3 Å². The number of amides is 1. The molecule has 0 saturated heterocycles. The van der Waals surface area contributed by atoms with Gasteiger partial charge in [-0.25, -0.2) is 0 Å². The summed E-state index contributed by atoms with van der Waals surface area (Å²) in [5, 5.41) is 2.98. The Bertz CT molecular complexity index is 256. The van der Waals surface area contributed by atoms with Crippen molar-refractivity contribution in [1.29, 1.82) is 0 Å². The van der Waals surface area contributed by atoms with Crippen LogP contribution in [0.1, 0.15) is 46.0 Å². The average molecular weight is 257 g/mol. The first-order valence-corrected chi connectivity index (χ1v) is 6.88. The van der Waals surface area contributed by atoms with Gasteiger partial charge in [-0.05, 0) is 25.2 Å². The maximum atomic E-state index is 12.4. The first-order valence-electron chi connectivity index (χ1n) is 6.88. The highest BCUT2D eigenvalue weighted by Crippen LogP contribution is 2.43. The molecule has 18 heavy (non-hydrogen) atoms. The van der Waals surface area contributed by atoms with Gasteiger partial charge in [0, 0.05) is 19.6 Å². The maximum Gasteiger partial charge on any atom is 0.226 e. The zero-order chi connectivity index (χ0) is 13.6. The molecule has 4 nitrogen and oxygen atoms in total. The molecule has 1 amide bonds. The Labute approximate surface area is 110 Å². The maximum absolute atomic E-state index is 12.4. The molecule has 4 heteroatoms. The predicted octanol–water partition coefficient (Wildman–Crippen LogP) is 2.33. The first-order chi connectivity index (χ1) is 8.54. The second-order valence-electron chi connectivity index (χ2n) is 5.70. The SMILES string of the molecule is COC(CNC(=O)C1(CC(C)C)CCCC1)OC. The van der Waals surface area contributed by atoms with Gasteiger partial charge in [-0.15, -0.1) is 0 Å². The molecule has 0 radical (unpaired) electrons. The summed E-state index contributed by atoms with van der Waals surface area (Å²) in [7, 11) is 3.17. The van der Waals surface area contributed by atoms with Gasteiger partial charge in [0.1, 0.15) is 0 Å². The van der Waals surface area contributed by atoms with E-state index < -0.39 is 0 Å². The molecule has 0 aliphatic heterocycles. The Morgan fingerprint density at radius 2 is 1.78 bits per heavy atom. The van der Waals surface area contributed by atoms with Crippen molar-refractivity contribution in [2.75, 3.05) is 20.8 Å². The number of hydrogen-bond acceptors (Lipinski definition) is 3. The van der Waals surface area contributed by atoms with Crippen LogP contribution in [0.5, 0.6) is 0 Å². The fourth-order valence-corrected chi connectivity index (χ4v) is 2.98. The summed E-state index contributed by atoms with van der Waals surface area (Å²) < 4.78 is 10.2. The van der Waals surface area contributed by atoms with Gasteiger partial charge in [-0.1, -0.05) is 26.7 Å². The van der Waals surface area contributed by atoms with Crippen molar-refractivity contribution in [3.05, 3.63) is 0 Å². The summed E-state index contributed by atoms with van der Waals surface area (Å²) in [5.74, 6) is 0.724. The molecule has 0 aromatic rings. The van der Waals surface area contributed by atoms with Crippen LogP contribution in [0, 0.1) is 11.3 Å². The van der Waals surface area contributed by atoms with E-state index in [4.69, 9.17) is 9.47 Å². The van der Waals surface area contributed by atoms with E-state index in [1.165, 1.54) is 0 Å². The van der Waals surface area contributed by atoms with Gasteiger partial charge in [0.2, 0.25) is 5.91 Å². The van der Waals surface area contributed by atoms with Crippen molar-refractivity contribution >= 4 is 5.91 Å². The molecule has 1 aliphatic rings. The van der Waals surface area contributed by atoms with E-state index in [9.17, 15) is 4.79 Å². The van der Waals surface area contributed by atoms with Gasteiger partial charge >= 0.3 is 0 Å². The minimum atomic E-state index is -0.355. The first kappa shape index (κ1) is 15.4. The molecular formula is C14H27NO3. The number of methoxy groups -OCH3 is 2. The van der Waals surface area contributed by atoms with Gasteiger partial charge in [-0.3, -0.25) is 4.79 Å². The van der Waals surface area contributed by atoms with Gasteiger partial charge in [0.05, 0.1) is 6.54 Å². The lowest BCUT2D eigenvalue weighted by Crippen LogP contribution is -2.43. The lowest BCUT2D eigenvalue weighted by molar-refractivity contribution is -0.137. The van der Waals surface area contributed by atoms with Gasteiger partial charge in [0.15, 0.2) is 6.29 Å². The molecule has 1 aliphatic carbocycles. The second kappa shape index (κ2) is 7.10. The van der Waals surface area contributed by atoms with Crippen LogP contribution in [0.4, 0.5) is 0 Å². The molecule has 0 heterocycles. The van der Waals surface area contributed by atoms with E-state index in [0.717, 1.165) is 32.1 Å². The standard InChI is InChI=1S/C14H27NO3/c1-11(2)9-14(7-5-6-8-14)13(16)15-10-12(17-3)18-4/h11-12H,5-10H2,1-4H3,(H,15,16). The van der Waals surface area contributed by atoms with Gasteiger partial charge in [0.25, 0.3) is 0 Å². The molecule has 0 atom stereocenters. The number of nitrogens with one attached hydrogen (secondary N) is 1. The Morgan fingerprint density at radius 1 is 1.22 bits per heavy atom. The van der Waals surface area contributed by atoms with Crippen LogP contribution in [-0.4, -0.2) is 33.0 Å². The van der Waals surface area contributed by atoms with E-state index in [1.54, 1.807) is 14.2 Å². The lowest BCUT2D eigenvalue weighted by Gasteiger charge is -2.30. The van der Waals surface area contributed by atoms with Crippen molar-refractivity contribution in [1.82, 2.24) is 5.32 Å². The summed E-state index contributed by atoms with van der Waals surface area (Å²) in [4.78, 5) is 12.4. The van der Waals surface area contributed by atoms with Crippen molar-refractivity contribution in [2.24, 2.45) is 11.3 Å². The predicted molar refractivity (Wildman–Crippen MR) is 71.2 cm³/mol.